The minimum absolute atomic E-state index is 0.552. The van der Waals surface area contributed by atoms with Crippen LogP contribution in [-0.4, -0.2) is 6.04 Å². The minimum Gasteiger partial charge on any atom is -0.385 e. The molecule has 0 saturated heterocycles. The number of hydrogen-bond donors (Lipinski definition) is 1. The zero-order chi connectivity index (χ0) is 24.6. The third-order valence-corrected chi connectivity index (χ3v) is 10.7. The van der Waals surface area contributed by atoms with Gasteiger partial charge < -0.3 is 5.32 Å². The standard InChI is InChI=1S/C36H43N/c1-2-12-27(13-3-1)35-31-16-6-8-18-33(31)36(34-19-9-7-17-32(34)35)37-28-23-21-26(22-24-28)30-20-10-14-25-11-4-5-15-29(25)30/h1-8,11-12,15-18,23,25-27,31-37H,9-10,13-14,19-22,24H2. The van der Waals surface area contributed by atoms with E-state index >= 15 is 0 Å². The summed E-state index contributed by atoms with van der Waals surface area (Å²) < 4.78 is 0. The number of hydrogen-bond acceptors (Lipinski definition) is 1. The molecule has 0 spiro atoms. The Hall–Kier alpha value is -2.54. The average Bonchev–Trinajstić information content (AvgIpc) is 2.98. The Labute approximate surface area is 224 Å². The maximum absolute atomic E-state index is 4.23. The molecule has 0 bridgehead atoms. The lowest BCUT2D eigenvalue weighted by molar-refractivity contribution is 0.0389. The molecule has 0 aromatic carbocycles. The van der Waals surface area contributed by atoms with Gasteiger partial charge in [0.15, 0.2) is 0 Å². The third kappa shape index (κ3) is 4.43. The van der Waals surface area contributed by atoms with Crippen molar-refractivity contribution in [1.82, 2.24) is 5.32 Å². The molecule has 0 aromatic rings. The van der Waals surface area contributed by atoms with Gasteiger partial charge in [-0.25, -0.2) is 0 Å². The van der Waals surface area contributed by atoms with Crippen molar-refractivity contribution in [2.45, 2.75) is 63.8 Å². The highest BCUT2D eigenvalue weighted by Gasteiger charge is 2.50. The summed E-state index contributed by atoms with van der Waals surface area (Å²) in [6.45, 7) is 0. The maximum Gasteiger partial charge on any atom is 0.0360 e. The van der Waals surface area contributed by atoms with Crippen LogP contribution in [0.25, 0.3) is 0 Å². The van der Waals surface area contributed by atoms with Crippen LogP contribution in [0.5, 0.6) is 0 Å². The summed E-state index contributed by atoms with van der Waals surface area (Å²) in [6, 6.07) is 0.552. The van der Waals surface area contributed by atoms with Crippen molar-refractivity contribution in [3.05, 3.63) is 108 Å². The average molecular weight is 490 g/mol. The van der Waals surface area contributed by atoms with Gasteiger partial charge >= 0.3 is 0 Å². The molecule has 1 heteroatoms. The van der Waals surface area contributed by atoms with Crippen LogP contribution in [0.15, 0.2) is 108 Å². The summed E-state index contributed by atoms with van der Waals surface area (Å²) >= 11 is 0. The lowest BCUT2D eigenvalue weighted by atomic mass is 9.53. The molecule has 1 nitrogen and oxygen atoms in total. The van der Waals surface area contributed by atoms with Crippen LogP contribution >= 0.6 is 0 Å². The summed E-state index contributed by atoms with van der Waals surface area (Å²) in [4.78, 5) is 0. The maximum atomic E-state index is 4.23. The Kier molecular flexibility index (Phi) is 6.57. The van der Waals surface area contributed by atoms with Crippen LogP contribution < -0.4 is 5.32 Å². The summed E-state index contributed by atoms with van der Waals surface area (Å²) in [6.07, 6.45) is 47.8. The monoisotopic (exact) mass is 489 g/mol. The van der Waals surface area contributed by atoms with E-state index in [4.69, 9.17) is 0 Å². The number of allylic oxidation sites excluding steroid dienone is 17. The smallest absolute Gasteiger partial charge is 0.0360 e. The quantitative estimate of drug-likeness (QED) is 0.390. The van der Waals surface area contributed by atoms with E-state index in [0.29, 0.717) is 41.5 Å². The molecule has 9 unspecified atom stereocenters. The molecule has 1 N–H and O–H groups in total. The first-order valence-corrected chi connectivity index (χ1v) is 15.2. The molecule has 192 valence electrons. The Morgan fingerprint density at radius 2 is 1.59 bits per heavy atom. The molecule has 7 aliphatic rings. The number of rotatable bonds is 4. The van der Waals surface area contributed by atoms with Gasteiger partial charge in [0.05, 0.1) is 0 Å². The first-order valence-electron chi connectivity index (χ1n) is 15.2. The predicted molar refractivity (Wildman–Crippen MR) is 155 cm³/mol. The SMILES string of the molecule is C1=CCC(C2C3C=CC=CC3C(NC3=CCC(C4=C5C=CC=CC5CCC4)CC3)C3CCC=CC32)C=C1. The lowest BCUT2D eigenvalue weighted by Gasteiger charge is -2.54. The number of nitrogens with one attached hydrogen (secondary N) is 1. The minimum atomic E-state index is 0.552. The van der Waals surface area contributed by atoms with Crippen LogP contribution in [0.2, 0.25) is 0 Å². The van der Waals surface area contributed by atoms with Gasteiger partial charge in [-0.15, -0.1) is 0 Å². The van der Waals surface area contributed by atoms with Crippen molar-refractivity contribution in [3.8, 4) is 0 Å². The summed E-state index contributed by atoms with van der Waals surface area (Å²) in [5.74, 6) is 5.44. The molecule has 7 rings (SSSR count). The normalized spacial score (nSPS) is 41.7. The second-order valence-electron chi connectivity index (χ2n) is 12.6. The first kappa shape index (κ1) is 23.6. The summed E-state index contributed by atoms with van der Waals surface area (Å²) in [7, 11) is 0. The predicted octanol–water partition coefficient (Wildman–Crippen LogP) is 8.55. The topological polar surface area (TPSA) is 12.0 Å². The van der Waals surface area contributed by atoms with E-state index in [0.717, 1.165) is 11.8 Å². The van der Waals surface area contributed by atoms with Gasteiger partial charge in [0.25, 0.3) is 0 Å². The van der Waals surface area contributed by atoms with Crippen molar-refractivity contribution in [1.29, 1.82) is 0 Å². The second-order valence-corrected chi connectivity index (χ2v) is 12.6. The molecule has 0 heterocycles. The third-order valence-electron chi connectivity index (χ3n) is 10.7. The van der Waals surface area contributed by atoms with Crippen LogP contribution in [-0.2, 0) is 0 Å². The van der Waals surface area contributed by atoms with Crippen LogP contribution in [0.4, 0.5) is 0 Å². The molecule has 7 aliphatic carbocycles. The summed E-state index contributed by atoms with van der Waals surface area (Å²) in [5, 5.41) is 4.23. The highest BCUT2D eigenvalue weighted by atomic mass is 15.0. The summed E-state index contributed by atoms with van der Waals surface area (Å²) in [5.41, 5.74) is 4.97. The zero-order valence-electron chi connectivity index (χ0n) is 22.2. The Balaban J connectivity index is 1.12. The van der Waals surface area contributed by atoms with Gasteiger partial charge in [-0.3, -0.25) is 0 Å². The van der Waals surface area contributed by atoms with E-state index in [1.807, 2.05) is 0 Å². The molecular weight excluding hydrogens is 446 g/mol. The van der Waals surface area contributed by atoms with Crippen molar-refractivity contribution in [2.75, 3.05) is 0 Å². The van der Waals surface area contributed by atoms with Crippen molar-refractivity contribution in [2.24, 2.45) is 47.3 Å². The van der Waals surface area contributed by atoms with E-state index < -0.39 is 0 Å². The van der Waals surface area contributed by atoms with Crippen LogP contribution in [0, 0.1) is 47.3 Å². The van der Waals surface area contributed by atoms with Gasteiger partial charge in [-0.2, -0.15) is 0 Å². The fourth-order valence-corrected chi connectivity index (χ4v) is 9.07. The second kappa shape index (κ2) is 10.3. The van der Waals surface area contributed by atoms with Crippen LogP contribution in [0.1, 0.15) is 57.8 Å². The van der Waals surface area contributed by atoms with Crippen molar-refractivity contribution >= 4 is 0 Å². The fraction of sp³-hybridized carbons (Fsp3) is 0.500. The molecule has 1 fully saturated rings. The molecule has 37 heavy (non-hydrogen) atoms. The Morgan fingerprint density at radius 1 is 0.703 bits per heavy atom. The van der Waals surface area contributed by atoms with E-state index in [9.17, 15) is 0 Å². The fourth-order valence-electron chi connectivity index (χ4n) is 9.07. The lowest BCUT2D eigenvalue weighted by Crippen LogP contribution is -2.56. The zero-order valence-corrected chi connectivity index (χ0v) is 22.2. The van der Waals surface area contributed by atoms with E-state index in [1.165, 1.54) is 63.5 Å². The van der Waals surface area contributed by atoms with E-state index in [2.05, 4.69) is 96.5 Å². The van der Waals surface area contributed by atoms with Gasteiger partial charge in [0.1, 0.15) is 0 Å². The first-order chi connectivity index (χ1) is 18.4. The molecular formula is C36H43N. The highest BCUT2D eigenvalue weighted by Crippen LogP contribution is 2.53. The van der Waals surface area contributed by atoms with Gasteiger partial charge in [0.2, 0.25) is 0 Å². The van der Waals surface area contributed by atoms with Crippen molar-refractivity contribution in [3.63, 3.8) is 0 Å². The molecule has 0 radical (unpaired) electrons. The van der Waals surface area contributed by atoms with Crippen LogP contribution in [0.3, 0.4) is 0 Å². The molecule has 0 aromatic heterocycles. The van der Waals surface area contributed by atoms with Gasteiger partial charge in [0, 0.05) is 23.6 Å². The van der Waals surface area contributed by atoms with E-state index in [-0.39, 0.29) is 0 Å². The Bertz CT molecular complexity index is 1150. The molecule has 1 saturated carbocycles. The molecule has 0 aliphatic heterocycles. The van der Waals surface area contributed by atoms with E-state index in [1.54, 1.807) is 11.1 Å². The Morgan fingerprint density at radius 3 is 2.46 bits per heavy atom. The van der Waals surface area contributed by atoms with Crippen molar-refractivity contribution < 1.29 is 0 Å². The largest absolute Gasteiger partial charge is 0.385 e. The van der Waals surface area contributed by atoms with Gasteiger partial charge in [-0.05, 0) is 98.9 Å². The molecule has 9 atom stereocenters. The number of fused-ring (bicyclic) bond motifs is 3. The molecule has 0 amide bonds. The highest BCUT2D eigenvalue weighted by molar-refractivity contribution is 5.40. The van der Waals surface area contributed by atoms with Gasteiger partial charge in [-0.1, -0.05) is 96.7 Å².